The van der Waals surface area contributed by atoms with Crippen LogP contribution in [0.4, 0.5) is 5.82 Å². The second-order valence-electron chi connectivity index (χ2n) is 6.39. The highest BCUT2D eigenvalue weighted by Crippen LogP contribution is 2.27. The average molecular weight is 348 g/mol. The number of aromatic nitrogens is 1. The number of nitriles is 1. The van der Waals surface area contributed by atoms with Crippen molar-refractivity contribution in [2.45, 2.75) is 32.2 Å². The molecule has 0 aliphatic carbocycles. The van der Waals surface area contributed by atoms with Gasteiger partial charge >= 0.3 is 0 Å². The third-order valence-corrected chi connectivity index (χ3v) is 5.18. The molecule has 1 aromatic heterocycles. The Labute approximate surface area is 147 Å². The van der Waals surface area contributed by atoms with Crippen LogP contribution in [0, 0.1) is 18.3 Å². The van der Waals surface area contributed by atoms with E-state index in [9.17, 15) is 4.79 Å². The van der Waals surface area contributed by atoms with Crippen LogP contribution in [0.15, 0.2) is 6.07 Å². The molecule has 0 unspecified atom stereocenters. The number of carbonyl (C=O) groups is 1. The number of pyridine rings is 1. The second-order valence-corrected chi connectivity index (χ2v) is 6.80. The summed E-state index contributed by atoms with van der Waals surface area (Å²) < 4.78 is 0. The van der Waals surface area contributed by atoms with Crippen LogP contribution in [0.25, 0.3) is 0 Å². The van der Waals surface area contributed by atoms with E-state index in [2.05, 4.69) is 26.2 Å². The molecule has 1 amide bonds. The first-order chi connectivity index (χ1) is 11.6. The van der Waals surface area contributed by atoms with Crippen LogP contribution in [0.1, 0.15) is 30.5 Å². The average Bonchev–Trinajstić information content (AvgIpc) is 2.81. The molecule has 2 aliphatic rings. The largest absolute Gasteiger partial charge is 0.356 e. The van der Waals surface area contributed by atoms with Gasteiger partial charge in [0.15, 0.2) is 0 Å². The van der Waals surface area contributed by atoms with Gasteiger partial charge in [-0.05, 0) is 25.8 Å². The molecule has 1 N–H and O–H groups in total. The normalized spacial score (nSPS) is 22.6. The van der Waals surface area contributed by atoms with Crippen LogP contribution in [0.5, 0.6) is 0 Å². The van der Waals surface area contributed by atoms with Crippen molar-refractivity contribution in [2.75, 3.05) is 37.6 Å². The summed E-state index contributed by atoms with van der Waals surface area (Å²) in [5.74, 6) is 0.936. The highest BCUT2D eigenvalue weighted by Gasteiger charge is 2.27. The van der Waals surface area contributed by atoms with E-state index in [1.165, 1.54) is 0 Å². The molecule has 3 heterocycles. The molecule has 0 saturated carbocycles. The van der Waals surface area contributed by atoms with Crippen molar-refractivity contribution in [1.29, 1.82) is 5.26 Å². The number of anilines is 1. The predicted octanol–water partition coefficient (Wildman–Crippen LogP) is 1.71. The van der Waals surface area contributed by atoms with Crippen LogP contribution in [-0.4, -0.2) is 54.6 Å². The maximum Gasteiger partial charge on any atom is 0.220 e. The molecule has 7 heteroatoms. The van der Waals surface area contributed by atoms with Gasteiger partial charge in [0, 0.05) is 45.2 Å². The van der Waals surface area contributed by atoms with Crippen LogP contribution < -0.4 is 10.2 Å². The first-order valence-electron chi connectivity index (χ1n) is 8.41. The Morgan fingerprint density at radius 2 is 2.08 bits per heavy atom. The molecule has 1 atom stereocenters. The number of nitrogens with one attached hydrogen (secondary N) is 1. The van der Waals surface area contributed by atoms with Crippen molar-refractivity contribution in [3.8, 4) is 6.07 Å². The van der Waals surface area contributed by atoms with E-state index < -0.39 is 0 Å². The molecular weight excluding hydrogens is 326 g/mol. The molecule has 0 bridgehead atoms. The van der Waals surface area contributed by atoms with E-state index in [1.807, 2.05) is 6.92 Å². The van der Waals surface area contributed by atoms with Crippen LogP contribution in [-0.2, 0) is 4.79 Å². The molecule has 24 heavy (non-hydrogen) atoms. The molecule has 0 aromatic carbocycles. The minimum atomic E-state index is 0.167. The van der Waals surface area contributed by atoms with Crippen LogP contribution >= 0.6 is 11.6 Å². The third-order valence-electron chi connectivity index (χ3n) is 4.90. The Balaban J connectivity index is 1.64. The minimum Gasteiger partial charge on any atom is -0.356 e. The Hall–Kier alpha value is -1.84. The molecular formula is C17H22ClN5O. The van der Waals surface area contributed by atoms with Crippen molar-refractivity contribution >= 4 is 23.3 Å². The molecule has 2 saturated heterocycles. The Morgan fingerprint density at radius 1 is 1.33 bits per heavy atom. The number of aryl methyl sites for hydroxylation is 1. The van der Waals surface area contributed by atoms with Crippen LogP contribution in [0.2, 0.25) is 5.02 Å². The van der Waals surface area contributed by atoms with Crippen molar-refractivity contribution in [3.05, 3.63) is 22.3 Å². The van der Waals surface area contributed by atoms with Crippen molar-refractivity contribution in [3.63, 3.8) is 0 Å². The fraction of sp³-hybridized carbons (Fsp3) is 0.588. The molecule has 1 aromatic rings. The summed E-state index contributed by atoms with van der Waals surface area (Å²) in [6, 6.07) is 4.29. The van der Waals surface area contributed by atoms with Gasteiger partial charge in [-0.15, -0.1) is 0 Å². The monoisotopic (exact) mass is 347 g/mol. The number of piperazine rings is 1. The van der Waals surface area contributed by atoms with Gasteiger partial charge < -0.3 is 10.2 Å². The lowest BCUT2D eigenvalue weighted by atomic mass is 10.1. The summed E-state index contributed by atoms with van der Waals surface area (Å²) in [4.78, 5) is 20.7. The number of carbonyl (C=O) groups excluding carboxylic acids is 1. The van der Waals surface area contributed by atoms with E-state index in [0.717, 1.165) is 51.4 Å². The number of hydrogen-bond donors (Lipinski definition) is 1. The van der Waals surface area contributed by atoms with Gasteiger partial charge in [0.05, 0.1) is 16.3 Å². The minimum absolute atomic E-state index is 0.167. The molecule has 3 rings (SSSR count). The van der Waals surface area contributed by atoms with Gasteiger partial charge in [0.1, 0.15) is 11.9 Å². The van der Waals surface area contributed by atoms with Gasteiger partial charge in [0.25, 0.3) is 0 Å². The maximum atomic E-state index is 11.5. The number of nitrogens with zero attached hydrogens (tertiary/aromatic N) is 4. The Morgan fingerprint density at radius 3 is 2.79 bits per heavy atom. The van der Waals surface area contributed by atoms with E-state index in [4.69, 9.17) is 16.9 Å². The summed E-state index contributed by atoms with van der Waals surface area (Å²) in [6.45, 7) is 6.20. The SMILES string of the molecule is Cc1nc(N2CCN([C@H]3CCNC(=O)CC3)CC2)c(Cl)cc1C#N. The summed E-state index contributed by atoms with van der Waals surface area (Å²) >= 11 is 6.32. The van der Waals surface area contributed by atoms with Gasteiger partial charge in [-0.3, -0.25) is 9.69 Å². The number of rotatable bonds is 2. The first-order valence-corrected chi connectivity index (χ1v) is 8.79. The molecule has 2 fully saturated rings. The fourth-order valence-corrected chi connectivity index (χ4v) is 3.75. The van der Waals surface area contributed by atoms with E-state index in [0.29, 0.717) is 28.7 Å². The molecule has 0 spiro atoms. The van der Waals surface area contributed by atoms with Crippen LogP contribution in [0.3, 0.4) is 0 Å². The lowest BCUT2D eigenvalue weighted by Gasteiger charge is -2.39. The van der Waals surface area contributed by atoms with Crippen molar-refractivity contribution in [2.24, 2.45) is 0 Å². The van der Waals surface area contributed by atoms with Crippen molar-refractivity contribution in [1.82, 2.24) is 15.2 Å². The molecule has 6 nitrogen and oxygen atoms in total. The number of amides is 1. The standard InChI is InChI=1S/C17H22ClN5O/c1-12-13(11-19)10-15(18)17(21-12)23-8-6-22(7-9-23)14-2-3-16(24)20-5-4-14/h10,14H,2-9H2,1H3,(H,20,24)/t14-/m1/s1. The summed E-state index contributed by atoms with van der Waals surface area (Å²) in [6.07, 6.45) is 2.56. The zero-order valence-electron chi connectivity index (χ0n) is 13.9. The molecule has 128 valence electrons. The second kappa shape index (κ2) is 7.37. The lowest BCUT2D eigenvalue weighted by Crippen LogP contribution is -2.50. The van der Waals surface area contributed by atoms with Crippen molar-refractivity contribution < 1.29 is 4.79 Å². The van der Waals surface area contributed by atoms with Gasteiger partial charge in [-0.2, -0.15) is 5.26 Å². The summed E-state index contributed by atoms with van der Waals surface area (Å²) in [5.41, 5.74) is 1.24. The van der Waals surface area contributed by atoms with E-state index >= 15 is 0 Å². The molecule has 0 radical (unpaired) electrons. The first kappa shape index (κ1) is 17.0. The Kier molecular flexibility index (Phi) is 5.22. The zero-order chi connectivity index (χ0) is 17.1. The number of hydrogen-bond acceptors (Lipinski definition) is 5. The van der Waals surface area contributed by atoms with Gasteiger partial charge in [-0.1, -0.05) is 11.6 Å². The topological polar surface area (TPSA) is 72.3 Å². The highest BCUT2D eigenvalue weighted by molar-refractivity contribution is 6.33. The fourth-order valence-electron chi connectivity index (χ4n) is 3.48. The zero-order valence-corrected chi connectivity index (χ0v) is 14.6. The Bertz CT molecular complexity index is 664. The highest BCUT2D eigenvalue weighted by atomic mass is 35.5. The van der Waals surface area contributed by atoms with E-state index in [1.54, 1.807) is 6.07 Å². The lowest BCUT2D eigenvalue weighted by molar-refractivity contribution is -0.120. The number of halogens is 1. The third kappa shape index (κ3) is 3.63. The maximum absolute atomic E-state index is 11.5. The predicted molar refractivity (Wildman–Crippen MR) is 93.1 cm³/mol. The van der Waals surface area contributed by atoms with E-state index in [-0.39, 0.29) is 5.91 Å². The van der Waals surface area contributed by atoms with Gasteiger partial charge in [-0.25, -0.2) is 4.98 Å². The molecule has 2 aliphatic heterocycles. The summed E-state index contributed by atoms with van der Waals surface area (Å²) in [5, 5.41) is 12.5. The van der Waals surface area contributed by atoms with Gasteiger partial charge in [0.2, 0.25) is 5.91 Å². The smallest absolute Gasteiger partial charge is 0.220 e. The quantitative estimate of drug-likeness (QED) is 0.881. The summed E-state index contributed by atoms with van der Waals surface area (Å²) in [7, 11) is 0.